The van der Waals surface area contributed by atoms with E-state index in [0.29, 0.717) is 11.4 Å². The zero-order valence-electron chi connectivity index (χ0n) is 8.32. The van der Waals surface area contributed by atoms with E-state index < -0.39 is 17.7 Å². The Hall–Kier alpha value is -1.75. The number of nitrogens with one attached hydrogen (secondary N) is 1. The van der Waals surface area contributed by atoms with Gasteiger partial charge in [-0.05, 0) is 17.7 Å². The van der Waals surface area contributed by atoms with Crippen molar-refractivity contribution in [2.45, 2.75) is 12.5 Å². The van der Waals surface area contributed by atoms with Crippen LogP contribution in [0, 0.1) is 11.6 Å². The molecule has 0 spiro atoms. The number of halogens is 2. The Kier molecular flexibility index (Phi) is 2.96. The quantitative estimate of drug-likeness (QED) is 0.837. The lowest BCUT2D eigenvalue weighted by atomic mass is 10.1. The summed E-state index contributed by atoms with van der Waals surface area (Å²) in [5, 5.41) is 9.76. The van der Waals surface area contributed by atoms with E-state index in [1.165, 1.54) is 6.07 Å². The summed E-state index contributed by atoms with van der Waals surface area (Å²) in [5.74, 6) is -1.29. The highest BCUT2D eigenvalue weighted by Crippen LogP contribution is 2.18. The number of nitrogens with zero attached hydrogens (tertiary/aromatic N) is 1. The molecule has 0 saturated carbocycles. The fourth-order valence-corrected chi connectivity index (χ4v) is 1.43. The molecule has 84 valence electrons. The predicted molar refractivity (Wildman–Crippen MR) is 53.6 cm³/mol. The number of aliphatic hydroxyl groups excluding tert-OH is 1. The minimum absolute atomic E-state index is 0.234. The largest absolute Gasteiger partial charge is 0.388 e. The zero-order chi connectivity index (χ0) is 11.5. The average Bonchev–Trinajstić information content (AvgIpc) is 2.74. The third-order valence-electron chi connectivity index (χ3n) is 2.27. The highest BCUT2D eigenvalue weighted by molar-refractivity contribution is 5.20. The summed E-state index contributed by atoms with van der Waals surface area (Å²) in [7, 11) is 0. The van der Waals surface area contributed by atoms with Gasteiger partial charge in [-0.15, -0.1) is 0 Å². The first-order valence-electron chi connectivity index (χ1n) is 4.78. The maximum absolute atomic E-state index is 12.9. The molecule has 2 N–H and O–H groups in total. The van der Waals surface area contributed by atoms with E-state index in [2.05, 4.69) is 9.97 Å². The van der Waals surface area contributed by atoms with E-state index in [0.717, 1.165) is 12.1 Å². The first-order chi connectivity index (χ1) is 7.66. The summed E-state index contributed by atoms with van der Waals surface area (Å²) >= 11 is 0. The first-order valence-corrected chi connectivity index (χ1v) is 4.78. The molecule has 0 amide bonds. The van der Waals surface area contributed by atoms with Crippen molar-refractivity contribution in [3.63, 3.8) is 0 Å². The van der Waals surface area contributed by atoms with Gasteiger partial charge in [-0.2, -0.15) is 0 Å². The number of H-pyrrole nitrogens is 1. The molecule has 0 bridgehead atoms. The number of hydrogen-bond acceptors (Lipinski definition) is 2. The fourth-order valence-electron chi connectivity index (χ4n) is 1.43. The Balaban J connectivity index is 2.14. The van der Waals surface area contributed by atoms with Crippen molar-refractivity contribution >= 4 is 0 Å². The van der Waals surface area contributed by atoms with Crippen LogP contribution in [-0.2, 0) is 6.42 Å². The van der Waals surface area contributed by atoms with Crippen LogP contribution < -0.4 is 0 Å². The van der Waals surface area contributed by atoms with Crippen molar-refractivity contribution in [2.75, 3.05) is 0 Å². The second kappa shape index (κ2) is 4.40. The average molecular weight is 224 g/mol. The van der Waals surface area contributed by atoms with Crippen LogP contribution in [0.4, 0.5) is 8.78 Å². The van der Waals surface area contributed by atoms with Crippen molar-refractivity contribution in [1.82, 2.24) is 9.97 Å². The van der Waals surface area contributed by atoms with E-state index in [1.807, 2.05) is 0 Å². The molecule has 1 heterocycles. The molecule has 0 aliphatic heterocycles. The molecular formula is C11H10F2N2O. The minimum atomic E-state index is -0.962. The molecule has 1 aromatic heterocycles. The van der Waals surface area contributed by atoms with Gasteiger partial charge in [-0.1, -0.05) is 6.07 Å². The molecule has 1 atom stereocenters. The van der Waals surface area contributed by atoms with E-state index >= 15 is 0 Å². The van der Waals surface area contributed by atoms with Gasteiger partial charge >= 0.3 is 0 Å². The normalized spacial score (nSPS) is 12.7. The third-order valence-corrected chi connectivity index (χ3v) is 2.27. The Labute approximate surface area is 90.8 Å². The standard InChI is InChI=1S/C11H10F2N2O/c12-8-2-1-7(5-9(8)13)10(16)6-11-14-3-4-15-11/h1-5,10,16H,6H2,(H,14,15). The Morgan fingerprint density at radius 1 is 1.31 bits per heavy atom. The molecule has 5 heteroatoms. The molecule has 0 aliphatic carbocycles. The lowest BCUT2D eigenvalue weighted by molar-refractivity contribution is 0.175. The van der Waals surface area contributed by atoms with Gasteiger partial charge in [0.05, 0.1) is 6.10 Å². The van der Waals surface area contributed by atoms with Crippen molar-refractivity contribution < 1.29 is 13.9 Å². The van der Waals surface area contributed by atoms with Crippen molar-refractivity contribution in [3.8, 4) is 0 Å². The highest BCUT2D eigenvalue weighted by Gasteiger charge is 2.12. The number of benzene rings is 1. The molecule has 1 unspecified atom stereocenters. The van der Waals surface area contributed by atoms with E-state index in [1.54, 1.807) is 12.4 Å². The molecule has 2 aromatic rings. The molecule has 1 aromatic carbocycles. The number of aliphatic hydroxyl groups is 1. The van der Waals surface area contributed by atoms with Crippen LogP contribution in [0.5, 0.6) is 0 Å². The van der Waals surface area contributed by atoms with E-state index in [9.17, 15) is 13.9 Å². The zero-order valence-corrected chi connectivity index (χ0v) is 8.32. The van der Waals surface area contributed by atoms with E-state index in [-0.39, 0.29) is 6.42 Å². The summed E-state index contributed by atoms with van der Waals surface area (Å²) in [6.45, 7) is 0. The number of rotatable bonds is 3. The van der Waals surface area contributed by atoms with Crippen LogP contribution in [0.1, 0.15) is 17.5 Å². The molecular weight excluding hydrogens is 214 g/mol. The van der Waals surface area contributed by atoms with Gasteiger partial charge < -0.3 is 10.1 Å². The minimum Gasteiger partial charge on any atom is -0.388 e. The van der Waals surface area contributed by atoms with E-state index in [4.69, 9.17) is 0 Å². The van der Waals surface area contributed by atoms with Gasteiger partial charge in [0.25, 0.3) is 0 Å². The molecule has 0 aliphatic rings. The van der Waals surface area contributed by atoms with Crippen LogP contribution >= 0.6 is 0 Å². The Morgan fingerprint density at radius 2 is 2.12 bits per heavy atom. The van der Waals surface area contributed by atoms with Gasteiger partial charge in [0.1, 0.15) is 5.82 Å². The maximum Gasteiger partial charge on any atom is 0.159 e. The molecule has 16 heavy (non-hydrogen) atoms. The molecule has 0 fully saturated rings. The highest BCUT2D eigenvalue weighted by atomic mass is 19.2. The molecule has 3 nitrogen and oxygen atoms in total. The monoisotopic (exact) mass is 224 g/mol. The summed E-state index contributed by atoms with van der Waals surface area (Å²) < 4.78 is 25.6. The van der Waals surface area contributed by atoms with Crippen LogP contribution in [0.2, 0.25) is 0 Å². The summed E-state index contributed by atoms with van der Waals surface area (Å²) in [6, 6.07) is 3.34. The fraction of sp³-hybridized carbons (Fsp3) is 0.182. The predicted octanol–water partition coefficient (Wildman–Crippen LogP) is 1.96. The van der Waals surface area contributed by atoms with Crippen LogP contribution in [0.15, 0.2) is 30.6 Å². The van der Waals surface area contributed by atoms with Crippen molar-refractivity contribution in [3.05, 3.63) is 53.6 Å². The molecule has 2 rings (SSSR count). The van der Waals surface area contributed by atoms with Gasteiger partial charge in [0.2, 0.25) is 0 Å². The second-order valence-corrected chi connectivity index (χ2v) is 3.43. The SMILES string of the molecule is OC(Cc1ncc[nH]1)c1ccc(F)c(F)c1. The van der Waals surface area contributed by atoms with Crippen molar-refractivity contribution in [2.24, 2.45) is 0 Å². The van der Waals surface area contributed by atoms with Crippen molar-refractivity contribution in [1.29, 1.82) is 0 Å². The Morgan fingerprint density at radius 3 is 2.75 bits per heavy atom. The number of hydrogen-bond donors (Lipinski definition) is 2. The van der Waals surface area contributed by atoms with Gasteiger partial charge in [0.15, 0.2) is 11.6 Å². The summed E-state index contributed by atoms with van der Waals surface area (Å²) in [5.41, 5.74) is 0.329. The van der Waals surface area contributed by atoms with Crippen LogP contribution in [-0.4, -0.2) is 15.1 Å². The summed E-state index contributed by atoms with van der Waals surface area (Å²) in [6.07, 6.45) is 2.53. The lowest BCUT2D eigenvalue weighted by Crippen LogP contribution is -2.04. The molecule has 0 radical (unpaired) electrons. The Bertz CT molecular complexity index is 471. The summed E-state index contributed by atoms with van der Waals surface area (Å²) in [4.78, 5) is 6.76. The number of aromatic nitrogens is 2. The van der Waals surface area contributed by atoms with Gasteiger partial charge in [0, 0.05) is 18.8 Å². The smallest absolute Gasteiger partial charge is 0.159 e. The second-order valence-electron chi connectivity index (χ2n) is 3.43. The number of imidazole rings is 1. The van der Waals surface area contributed by atoms with Gasteiger partial charge in [-0.25, -0.2) is 13.8 Å². The lowest BCUT2D eigenvalue weighted by Gasteiger charge is -2.09. The topological polar surface area (TPSA) is 48.9 Å². The maximum atomic E-state index is 12.9. The van der Waals surface area contributed by atoms with Crippen LogP contribution in [0.3, 0.4) is 0 Å². The van der Waals surface area contributed by atoms with Gasteiger partial charge in [-0.3, -0.25) is 0 Å². The van der Waals surface area contributed by atoms with Crippen LogP contribution in [0.25, 0.3) is 0 Å². The third kappa shape index (κ3) is 2.25. The first kappa shape index (κ1) is 10.8. The molecule has 0 saturated heterocycles. The number of aromatic amines is 1.